The van der Waals surface area contributed by atoms with Crippen molar-refractivity contribution in [3.05, 3.63) is 36.7 Å². The number of anilines is 2. The third kappa shape index (κ3) is 6.82. The summed E-state index contributed by atoms with van der Waals surface area (Å²) in [7, 11) is 0. The van der Waals surface area contributed by atoms with Gasteiger partial charge in [0.15, 0.2) is 17.3 Å². The minimum atomic E-state index is -0.844. The number of likely N-dealkylation sites (tertiary alicyclic amines) is 1. The van der Waals surface area contributed by atoms with E-state index in [-0.39, 0.29) is 24.5 Å². The summed E-state index contributed by atoms with van der Waals surface area (Å²) in [5, 5.41) is 11.8. The van der Waals surface area contributed by atoms with E-state index in [9.17, 15) is 9.59 Å². The Morgan fingerprint density at radius 1 is 1.11 bits per heavy atom. The Morgan fingerprint density at radius 2 is 1.89 bits per heavy atom. The first-order valence-corrected chi connectivity index (χ1v) is 12.2. The summed E-state index contributed by atoms with van der Waals surface area (Å²) in [6.45, 7) is 5.23. The summed E-state index contributed by atoms with van der Waals surface area (Å²) in [5.74, 6) is 1.50. The number of aromatic nitrogens is 2. The van der Waals surface area contributed by atoms with Crippen LogP contribution in [0.3, 0.4) is 0 Å². The first-order valence-electron chi connectivity index (χ1n) is 12.2. The van der Waals surface area contributed by atoms with E-state index < -0.39 is 5.97 Å². The number of hydrogen-bond acceptors (Lipinski definition) is 8. The van der Waals surface area contributed by atoms with Gasteiger partial charge in [-0.15, -0.1) is 0 Å². The molecule has 1 aromatic heterocycles. The number of nitrogens with one attached hydrogen (secondary N) is 1. The summed E-state index contributed by atoms with van der Waals surface area (Å²) in [5.41, 5.74) is 0. The summed E-state index contributed by atoms with van der Waals surface area (Å²) < 4.78 is 12.0. The molecule has 0 aliphatic carbocycles. The zero-order valence-electron chi connectivity index (χ0n) is 20.1. The lowest BCUT2D eigenvalue weighted by Crippen LogP contribution is -2.42. The van der Waals surface area contributed by atoms with E-state index >= 15 is 0 Å². The van der Waals surface area contributed by atoms with Crippen LogP contribution in [-0.4, -0.2) is 77.3 Å². The molecule has 1 amide bonds. The van der Waals surface area contributed by atoms with E-state index in [4.69, 9.17) is 14.6 Å². The molecule has 2 aliphatic rings. The van der Waals surface area contributed by atoms with Crippen LogP contribution in [0.4, 0.5) is 11.6 Å². The molecule has 4 rings (SSSR count). The van der Waals surface area contributed by atoms with Crippen LogP contribution in [0.5, 0.6) is 11.5 Å². The molecule has 188 valence electrons. The summed E-state index contributed by atoms with van der Waals surface area (Å²) in [6, 6.07) is 7.70. The molecule has 0 saturated carbocycles. The van der Waals surface area contributed by atoms with Gasteiger partial charge in [-0.3, -0.25) is 19.5 Å². The number of carbonyl (C=O) groups is 2. The number of nitrogens with zero attached hydrogens (tertiary/aromatic N) is 4. The predicted octanol–water partition coefficient (Wildman–Crippen LogP) is 2.66. The Bertz CT molecular complexity index is 1010. The number of carboxylic acids is 1. The first kappa shape index (κ1) is 24.7. The van der Waals surface area contributed by atoms with Crippen LogP contribution in [0.1, 0.15) is 32.6 Å². The molecule has 0 radical (unpaired) electrons. The highest BCUT2D eigenvalue weighted by atomic mass is 16.5. The molecule has 2 aromatic rings. The second-order valence-electron chi connectivity index (χ2n) is 8.90. The van der Waals surface area contributed by atoms with Crippen LogP contribution in [0.15, 0.2) is 36.7 Å². The number of rotatable bonds is 9. The monoisotopic (exact) mass is 483 g/mol. The van der Waals surface area contributed by atoms with Gasteiger partial charge in [0.25, 0.3) is 0 Å². The number of amides is 1. The van der Waals surface area contributed by atoms with E-state index in [0.29, 0.717) is 50.7 Å². The van der Waals surface area contributed by atoms with Gasteiger partial charge in [-0.25, -0.2) is 4.98 Å². The standard InChI is InChI=1S/C25H33N5O5/c1-2-34-20-7-3-4-8-21(20)35-19-6-5-11-30(16-19)23-15-26-14-22(27-23)28-25(33)18-9-12-29(13-10-18)17-24(31)32/h3-4,7-8,14-15,18-19H,2,5-6,9-13,16-17H2,1H3,(H,31,32)(H,27,28,33)/t19-/m1/s1. The quantitative estimate of drug-likeness (QED) is 0.555. The number of piperidine rings is 2. The molecule has 0 unspecified atom stereocenters. The molecule has 35 heavy (non-hydrogen) atoms. The fourth-order valence-corrected chi connectivity index (χ4v) is 4.59. The van der Waals surface area contributed by atoms with Crippen molar-refractivity contribution in [1.82, 2.24) is 14.9 Å². The van der Waals surface area contributed by atoms with E-state index in [1.807, 2.05) is 36.1 Å². The smallest absolute Gasteiger partial charge is 0.317 e. The molecule has 1 aromatic carbocycles. The minimum Gasteiger partial charge on any atom is -0.490 e. The highest BCUT2D eigenvalue weighted by molar-refractivity contribution is 5.91. The van der Waals surface area contributed by atoms with Crippen molar-refractivity contribution in [3.63, 3.8) is 0 Å². The van der Waals surface area contributed by atoms with Crippen molar-refractivity contribution >= 4 is 23.5 Å². The minimum absolute atomic E-state index is 0.0126. The summed E-state index contributed by atoms with van der Waals surface area (Å²) in [4.78, 5) is 36.6. The lowest BCUT2D eigenvalue weighted by molar-refractivity contribution is -0.138. The molecule has 0 spiro atoms. The van der Waals surface area contributed by atoms with Crippen molar-refractivity contribution in [3.8, 4) is 11.5 Å². The van der Waals surface area contributed by atoms with E-state index in [1.54, 1.807) is 12.4 Å². The zero-order chi connectivity index (χ0) is 24.6. The normalized spacial score (nSPS) is 19.2. The maximum atomic E-state index is 12.8. The van der Waals surface area contributed by atoms with Gasteiger partial charge >= 0.3 is 5.97 Å². The molecule has 0 bridgehead atoms. The molecule has 3 heterocycles. The van der Waals surface area contributed by atoms with Crippen LogP contribution >= 0.6 is 0 Å². The molecule has 1 atom stereocenters. The third-order valence-corrected chi connectivity index (χ3v) is 6.34. The molecular formula is C25H33N5O5. The summed E-state index contributed by atoms with van der Waals surface area (Å²) in [6.07, 6.45) is 6.38. The van der Waals surface area contributed by atoms with Crippen molar-refractivity contribution in [2.24, 2.45) is 5.92 Å². The number of ether oxygens (including phenoxy) is 2. The number of carbonyl (C=O) groups excluding carboxylic acids is 1. The van der Waals surface area contributed by atoms with E-state index in [2.05, 4.69) is 20.2 Å². The van der Waals surface area contributed by atoms with Gasteiger partial charge in [0.05, 0.1) is 32.1 Å². The molecule has 10 nitrogen and oxygen atoms in total. The molecular weight excluding hydrogens is 450 g/mol. The average molecular weight is 484 g/mol. The van der Waals surface area contributed by atoms with Crippen LogP contribution < -0.4 is 19.7 Å². The molecule has 2 aliphatic heterocycles. The zero-order valence-corrected chi connectivity index (χ0v) is 20.1. The van der Waals surface area contributed by atoms with Gasteiger partial charge < -0.3 is 24.8 Å². The number of benzene rings is 1. The van der Waals surface area contributed by atoms with Crippen LogP contribution in [0.25, 0.3) is 0 Å². The molecule has 2 saturated heterocycles. The van der Waals surface area contributed by atoms with E-state index in [0.717, 1.165) is 30.9 Å². The van der Waals surface area contributed by atoms with Crippen molar-refractivity contribution in [2.75, 3.05) is 49.5 Å². The Kier molecular flexibility index (Phi) is 8.36. The Balaban J connectivity index is 1.34. The van der Waals surface area contributed by atoms with Gasteiger partial charge in [-0.2, -0.15) is 0 Å². The van der Waals surface area contributed by atoms with Crippen LogP contribution in [-0.2, 0) is 9.59 Å². The highest BCUT2D eigenvalue weighted by Gasteiger charge is 2.27. The fourth-order valence-electron chi connectivity index (χ4n) is 4.59. The van der Waals surface area contributed by atoms with Crippen LogP contribution in [0, 0.1) is 5.92 Å². The fraction of sp³-hybridized carbons (Fsp3) is 0.520. The lowest BCUT2D eigenvalue weighted by atomic mass is 9.96. The third-order valence-electron chi connectivity index (χ3n) is 6.34. The molecule has 2 N–H and O–H groups in total. The topological polar surface area (TPSA) is 117 Å². The number of para-hydroxylation sites is 2. The number of carboxylic acid groups (broad SMARTS) is 1. The Hall–Kier alpha value is -3.40. The molecule has 2 fully saturated rings. The van der Waals surface area contributed by atoms with Gasteiger partial charge in [0.2, 0.25) is 5.91 Å². The van der Waals surface area contributed by atoms with Gasteiger partial charge in [0, 0.05) is 12.5 Å². The summed E-state index contributed by atoms with van der Waals surface area (Å²) >= 11 is 0. The first-order chi connectivity index (χ1) is 17.0. The van der Waals surface area contributed by atoms with Gasteiger partial charge in [0.1, 0.15) is 11.9 Å². The maximum Gasteiger partial charge on any atom is 0.317 e. The van der Waals surface area contributed by atoms with E-state index in [1.165, 1.54) is 0 Å². The van der Waals surface area contributed by atoms with Crippen molar-refractivity contribution < 1.29 is 24.2 Å². The predicted molar refractivity (Wildman–Crippen MR) is 131 cm³/mol. The SMILES string of the molecule is CCOc1ccccc1O[C@@H]1CCCN(c2cncc(NC(=O)C3CCN(CC(=O)O)CC3)n2)C1. The van der Waals surface area contributed by atoms with Crippen LogP contribution in [0.2, 0.25) is 0 Å². The Labute approximate surface area is 205 Å². The lowest BCUT2D eigenvalue weighted by Gasteiger charge is -2.34. The number of aliphatic carboxylic acids is 1. The highest BCUT2D eigenvalue weighted by Crippen LogP contribution is 2.30. The largest absolute Gasteiger partial charge is 0.490 e. The Morgan fingerprint density at radius 3 is 2.63 bits per heavy atom. The van der Waals surface area contributed by atoms with Crippen molar-refractivity contribution in [1.29, 1.82) is 0 Å². The number of hydrogen-bond donors (Lipinski definition) is 2. The maximum absolute atomic E-state index is 12.8. The van der Waals surface area contributed by atoms with Gasteiger partial charge in [-0.05, 0) is 57.8 Å². The second-order valence-corrected chi connectivity index (χ2v) is 8.90. The average Bonchev–Trinajstić information content (AvgIpc) is 2.86. The van der Waals surface area contributed by atoms with Crippen molar-refractivity contribution in [2.45, 2.75) is 38.7 Å². The second kappa shape index (κ2) is 11.8. The van der Waals surface area contributed by atoms with Gasteiger partial charge in [-0.1, -0.05) is 12.1 Å². The molecule has 10 heteroatoms.